The lowest BCUT2D eigenvalue weighted by Gasteiger charge is -2.31. The number of aliphatic hydroxyl groups is 1. The van der Waals surface area contributed by atoms with Crippen molar-refractivity contribution >= 4 is 5.91 Å². The Labute approximate surface area is 103 Å². The number of carbonyl (C=O) groups is 1. The predicted octanol–water partition coefficient (Wildman–Crippen LogP) is -0.160. The van der Waals surface area contributed by atoms with E-state index in [-0.39, 0.29) is 18.4 Å². The lowest BCUT2D eigenvalue weighted by molar-refractivity contribution is -0.139. The number of rotatable bonds is 4. The standard InChI is InChI=1S/C12H24N2O3/c1-9(2)12(3,16)8-13-11(15)10-7-14(4)5-6-17-10/h9-10,16H,5-8H2,1-4H3,(H,13,15). The van der Waals surface area contributed by atoms with E-state index in [0.717, 1.165) is 6.54 Å². The fourth-order valence-electron chi connectivity index (χ4n) is 1.52. The van der Waals surface area contributed by atoms with E-state index < -0.39 is 11.7 Å². The van der Waals surface area contributed by atoms with Gasteiger partial charge in [-0.25, -0.2) is 0 Å². The zero-order valence-electron chi connectivity index (χ0n) is 11.2. The molecule has 1 saturated heterocycles. The van der Waals surface area contributed by atoms with Gasteiger partial charge in [0, 0.05) is 19.6 Å². The molecule has 17 heavy (non-hydrogen) atoms. The van der Waals surface area contributed by atoms with Crippen molar-refractivity contribution in [2.24, 2.45) is 5.92 Å². The highest BCUT2D eigenvalue weighted by atomic mass is 16.5. The smallest absolute Gasteiger partial charge is 0.250 e. The number of nitrogens with one attached hydrogen (secondary N) is 1. The minimum Gasteiger partial charge on any atom is -0.388 e. The van der Waals surface area contributed by atoms with Crippen LogP contribution in [0.2, 0.25) is 0 Å². The molecule has 5 nitrogen and oxygen atoms in total. The molecule has 1 amide bonds. The molecule has 2 atom stereocenters. The second kappa shape index (κ2) is 5.80. The van der Waals surface area contributed by atoms with Gasteiger partial charge in [-0.15, -0.1) is 0 Å². The van der Waals surface area contributed by atoms with Crippen LogP contribution in [0.1, 0.15) is 20.8 Å². The molecule has 0 aromatic rings. The average Bonchev–Trinajstić information content (AvgIpc) is 2.25. The van der Waals surface area contributed by atoms with Crippen LogP contribution < -0.4 is 5.32 Å². The molecule has 0 spiro atoms. The summed E-state index contributed by atoms with van der Waals surface area (Å²) in [6.45, 7) is 7.88. The number of hydrogen-bond donors (Lipinski definition) is 2. The largest absolute Gasteiger partial charge is 0.388 e. The summed E-state index contributed by atoms with van der Waals surface area (Å²) in [4.78, 5) is 13.9. The molecule has 0 aromatic heterocycles. The lowest BCUT2D eigenvalue weighted by Crippen LogP contribution is -2.52. The highest BCUT2D eigenvalue weighted by Gasteiger charge is 2.29. The first-order valence-electron chi connectivity index (χ1n) is 6.13. The van der Waals surface area contributed by atoms with Gasteiger partial charge < -0.3 is 20.1 Å². The van der Waals surface area contributed by atoms with Crippen LogP contribution in [0.4, 0.5) is 0 Å². The Hall–Kier alpha value is -0.650. The third-order valence-corrected chi connectivity index (χ3v) is 3.43. The van der Waals surface area contributed by atoms with Gasteiger partial charge in [-0.2, -0.15) is 0 Å². The minimum atomic E-state index is -0.879. The van der Waals surface area contributed by atoms with Crippen LogP contribution in [-0.4, -0.2) is 60.9 Å². The fraction of sp³-hybridized carbons (Fsp3) is 0.917. The second-order valence-electron chi connectivity index (χ2n) is 5.35. The van der Waals surface area contributed by atoms with Crippen molar-refractivity contribution in [3.63, 3.8) is 0 Å². The van der Waals surface area contributed by atoms with Crippen LogP contribution >= 0.6 is 0 Å². The second-order valence-corrected chi connectivity index (χ2v) is 5.35. The maximum atomic E-state index is 11.8. The van der Waals surface area contributed by atoms with Gasteiger partial charge in [0.25, 0.3) is 5.91 Å². The summed E-state index contributed by atoms with van der Waals surface area (Å²) in [5.74, 6) is -0.0461. The van der Waals surface area contributed by atoms with Gasteiger partial charge in [-0.3, -0.25) is 4.79 Å². The summed E-state index contributed by atoms with van der Waals surface area (Å²) < 4.78 is 5.40. The molecule has 100 valence electrons. The monoisotopic (exact) mass is 244 g/mol. The molecule has 2 unspecified atom stereocenters. The Kier molecular flexibility index (Phi) is 4.91. The summed E-state index contributed by atoms with van der Waals surface area (Å²) in [7, 11) is 1.97. The Morgan fingerprint density at radius 3 is 2.82 bits per heavy atom. The van der Waals surface area contributed by atoms with Gasteiger partial charge >= 0.3 is 0 Å². The lowest BCUT2D eigenvalue weighted by atomic mass is 9.92. The zero-order valence-corrected chi connectivity index (χ0v) is 11.2. The van der Waals surface area contributed by atoms with Crippen molar-refractivity contribution in [1.29, 1.82) is 0 Å². The van der Waals surface area contributed by atoms with Gasteiger partial charge in [0.15, 0.2) is 0 Å². The summed E-state index contributed by atoms with van der Waals surface area (Å²) in [6.07, 6.45) is -0.420. The van der Waals surface area contributed by atoms with Crippen LogP contribution in [0, 0.1) is 5.92 Å². The van der Waals surface area contributed by atoms with Crippen molar-refractivity contribution in [3.05, 3.63) is 0 Å². The molecule has 0 radical (unpaired) electrons. The molecule has 1 aliphatic heterocycles. The number of likely N-dealkylation sites (N-methyl/N-ethyl adjacent to an activating group) is 1. The maximum Gasteiger partial charge on any atom is 0.250 e. The Bertz CT molecular complexity index is 266. The van der Waals surface area contributed by atoms with Crippen LogP contribution in [0.5, 0.6) is 0 Å². The predicted molar refractivity (Wildman–Crippen MR) is 65.7 cm³/mol. The Morgan fingerprint density at radius 2 is 2.29 bits per heavy atom. The Morgan fingerprint density at radius 1 is 1.65 bits per heavy atom. The van der Waals surface area contributed by atoms with E-state index in [1.54, 1.807) is 6.92 Å². The van der Waals surface area contributed by atoms with Crippen LogP contribution in [0.3, 0.4) is 0 Å². The molecule has 0 saturated carbocycles. The summed E-state index contributed by atoms with van der Waals surface area (Å²) >= 11 is 0. The molecule has 1 aliphatic rings. The van der Waals surface area contributed by atoms with E-state index in [1.807, 2.05) is 20.9 Å². The summed E-state index contributed by atoms with van der Waals surface area (Å²) in [6, 6.07) is 0. The van der Waals surface area contributed by atoms with Crippen LogP contribution in [0.25, 0.3) is 0 Å². The summed E-state index contributed by atoms with van der Waals surface area (Å²) in [5.41, 5.74) is -0.879. The van der Waals surface area contributed by atoms with Crippen molar-refractivity contribution in [2.75, 3.05) is 33.3 Å². The molecule has 5 heteroatoms. The van der Waals surface area contributed by atoms with Crippen molar-refractivity contribution in [3.8, 4) is 0 Å². The highest BCUT2D eigenvalue weighted by molar-refractivity contribution is 5.81. The van der Waals surface area contributed by atoms with E-state index in [2.05, 4.69) is 10.2 Å². The topological polar surface area (TPSA) is 61.8 Å². The van der Waals surface area contributed by atoms with Gasteiger partial charge in [-0.05, 0) is 19.9 Å². The zero-order chi connectivity index (χ0) is 13.1. The Balaban J connectivity index is 2.39. The molecule has 1 rings (SSSR count). The number of amides is 1. The van der Waals surface area contributed by atoms with Gasteiger partial charge in [0.1, 0.15) is 6.10 Å². The van der Waals surface area contributed by atoms with E-state index in [1.165, 1.54) is 0 Å². The minimum absolute atomic E-state index is 0.0951. The quantitative estimate of drug-likeness (QED) is 0.721. The SMILES string of the molecule is CC(C)C(C)(O)CNC(=O)C1CN(C)CCO1. The maximum absolute atomic E-state index is 11.8. The van der Waals surface area contributed by atoms with Crippen LogP contribution in [0.15, 0.2) is 0 Å². The fourth-order valence-corrected chi connectivity index (χ4v) is 1.52. The molecule has 1 fully saturated rings. The van der Waals surface area contributed by atoms with Crippen molar-refractivity contribution in [2.45, 2.75) is 32.5 Å². The number of nitrogens with zero attached hydrogens (tertiary/aromatic N) is 1. The highest BCUT2D eigenvalue weighted by Crippen LogP contribution is 2.14. The van der Waals surface area contributed by atoms with Gasteiger partial charge in [-0.1, -0.05) is 13.8 Å². The molecular formula is C12H24N2O3. The average molecular weight is 244 g/mol. The first-order valence-corrected chi connectivity index (χ1v) is 6.13. The number of ether oxygens (including phenoxy) is 1. The van der Waals surface area contributed by atoms with Gasteiger partial charge in [0.05, 0.1) is 12.2 Å². The molecule has 0 bridgehead atoms. The molecule has 2 N–H and O–H groups in total. The first-order chi connectivity index (χ1) is 7.83. The van der Waals surface area contributed by atoms with Crippen molar-refractivity contribution in [1.82, 2.24) is 10.2 Å². The normalized spacial score (nSPS) is 25.6. The van der Waals surface area contributed by atoms with Crippen molar-refractivity contribution < 1.29 is 14.6 Å². The number of hydrogen-bond acceptors (Lipinski definition) is 4. The molecule has 0 aliphatic carbocycles. The molecule has 0 aromatic carbocycles. The van der Waals surface area contributed by atoms with Gasteiger partial charge in [0.2, 0.25) is 0 Å². The van der Waals surface area contributed by atoms with E-state index in [4.69, 9.17) is 4.74 Å². The molecule has 1 heterocycles. The number of morpholine rings is 1. The number of carbonyl (C=O) groups excluding carboxylic acids is 1. The first kappa shape index (κ1) is 14.4. The van der Waals surface area contributed by atoms with Crippen LogP contribution in [-0.2, 0) is 9.53 Å². The summed E-state index contributed by atoms with van der Waals surface area (Å²) in [5, 5.41) is 12.8. The van der Waals surface area contributed by atoms with E-state index in [9.17, 15) is 9.90 Å². The third-order valence-electron chi connectivity index (χ3n) is 3.43. The van der Waals surface area contributed by atoms with E-state index >= 15 is 0 Å². The van der Waals surface area contributed by atoms with E-state index in [0.29, 0.717) is 13.2 Å². The molecular weight excluding hydrogens is 220 g/mol. The third kappa shape index (κ3) is 4.26.